The van der Waals surface area contributed by atoms with E-state index in [4.69, 9.17) is 10.6 Å². The lowest BCUT2D eigenvalue weighted by atomic mass is 9.48. The zero-order valence-electron chi connectivity index (χ0n) is 15.9. The minimum Gasteiger partial charge on any atom is -0.462 e. The molecule has 0 heterocycles. The molecule has 138 valence electrons. The number of nitrogens with two attached hydrogens (primary N) is 1. The van der Waals surface area contributed by atoms with E-state index in [1.807, 2.05) is 0 Å². The zero-order chi connectivity index (χ0) is 17.8. The fourth-order valence-electron chi connectivity index (χ4n) is 6.96. The molecule has 4 nitrogen and oxygen atoms in total. The lowest BCUT2D eigenvalue weighted by molar-refractivity contribution is -0.148. The van der Waals surface area contributed by atoms with Crippen molar-refractivity contribution >= 4 is 11.7 Å². The Labute approximate surface area is 151 Å². The minimum absolute atomic E-state index is 0.0877. The Bertz CT molecular complexity index is 640. The van der Waals surface area contributed by atoms with Gasteiger partial charge in [0.25, 0.3) is 0 Å². The number of esters is 1. The second-order valence-corrected chi connectivity index (χ2v) is 9.30. The molecule has 3 fully saturated rings. The third-order valence-electron chi connectivity index (χ3n) is 8.29. The normalized spacial score (nSPS) is 47.5. The van der Waals surface area contributed by atoms with E-state index in [-0.39, 0.29) is 17.5 Å². The number of rotatable bonds is 1. The van der Waals surface area contributed by atoms with Crippen molar-refractivity contribution in [3.63, 3.8) is 0 Å². The number of hydrogen-bond acceptors (Lipinski definition) is 4. The van der Waals surface area contributed by atoms with Crippen LogP contribution in [0.2, 0.25) is 0 Å². The molecule has 4 rings (SSSR count). The van der Waals surface area contributed by atoms with Crippen LogP contribution in [0.25, 0.3) is 0 Å². The molecule has 4 aliphatic carbocycles. The number of carbonyl (C=O) groups is 1. The van der Waals surface area contributed by atoms with E-state index in [0.29, 0.717) is 5.41 Å². The van der Waals surface area contributed by atoms with Gasteiger partial charge in [-0.15, -0.1) is 0 Å². The van der Waals surface area contributed by atoms with Crippen molar-refractivity contribution < 1.29 is 9.53 Å². The van der Waals surface area contributed by atoms with Gasteiger partial charge in [-0.2, -0.15) is 5.10 Å². The molecule has 4 aliphatic rings. The van der Waals surface area contributed by atoms with E-state index in [1.165, 1.54) is 38.3 Å². The molecule has 0 aromatic heterocycles. The Hall–Kier alpha value is -1.32. The fourth-order valence-corrected chi connectivity index (χ4v) is 6.96. The molecule has 6 unspecified atom stereocenters. The summed E-state index contributed by atoms with van der Waals surface area (Å²) in [5.74, 6) is 7.83. The van der Waals surface area contributed by atoms with Crippen molar-refractivity contribution in [3.05, 3.63) is 11.6 Å². The minimum atomic E-state index is -0.143. The fraction of sp³-hybridized carbons (Fsp3) is 0.810. The average Bonchev–Trinajstić information content (AvgIpc) is 2.91. The predicted octanol–water partition coefficient (Wildman–Crippen LogP) is 4.20. The summed E-state index contributed by atoms with van der Waals surface area (Å²) < 4.78 is 5.53. The van der Waals surface area contributed by atoms with Crippen LogP contribution in [0.1, 0.15) is 72.1 Å². The molecule has 6 atom stereocenters. The average molecular weight is 344 g/mol. The quantitative estimate of drug-likeness (QED) is 0.336. The second kappa shape index (κ2) is 5.85. The number of carbonyl (C=O) groups excluding carboxylic acids is 1. The van der Waals surface area contributed by atoms with Crippen molar-refractivity contribution in [2.75, 3.05) is 0 Å². The van der Waals surface area contributed by atoms with Crippen LogP contribution in [0.15, 0.2) is 16.8 Å². The summed E-state index contributed by atoms with van der Waals surface area (Å²) in [5.41, 5.74) is 3.34. The third kappa shape index (κ3) is 2.47. The molecule has 0 aliphatic heterocycles. The van der Waals surface area contributed by atoms with Crippen LogP contribution in [0.5, 0.6) is 0 Å². The van der Waals surface area contributed by atoms with Gasteiger partial charge in [0.05, 0.1) is 0 Å². The summed E-state index contributed by atoms with van der Waals surface area (Å²) >= 11 is 0. The van der Waals surface area contributed by atoms with Gasteiger partial charge in [0.15, 0.2) is 0 Å². The highest BCUT2D eigenvalue weighted by Gasteiger charge is 2.57. The SMILES string of the molecule is CC(=O)OC1CCC2(C)C(=CCC3C2CCC2(C)/C(=N/N)CCC32)C1. The molecule has 0 aromatic carbocycles. The van der Waals surface area contributed by atoms with Crippen LogP contribution in [0, 0.1) is 28.6 Å². The standard InChI is InChI=1S/C21H32N2O2/c1-13(24)25-15-8-10-20(2)14(12-15)4-5-16-17-6-7-19(23-22)21(17,3)11-9-18(16)20/h4,15-18H,5-12,22H2,1-3H3/b23-19+. The molecule has 4 heteroatoms. The maximum absolute atomic E-state index is 11.3. The summed E-state index contributed by atoms with van der Waals surface area (Å²) in [6.07, 6.45) is 11.7. The van der Waals surface area contributed by atoms with Crippen molar-refractivity contribution in [2.24, 2.45) is 39.5 Å². The number of fused-ring (bicyclic) bond motifs is 5. The smallest absolute Gasteiger partial charge is 0.302 e. The van der Waals surface area contributed by atoms with Gasteiger partial charge < -0.3 is 10.6 Å². The summed E-state index contributed by atoms with van der Waals surface area (Å²) in [7, 11) is 0. The molecule has 0 spiro atoms. The van der Waals surface area contributed by atoms with Gasteiger partial charge >= 0.3 is 5.97 Å². The number of ether oxygens (including phenoxy) is 1. The topological polar surface area (TPSA) is 64.7 Å². The highest BCUT2D eigenvalue weighted by molar-refractivity contribution is 5.92. The first-order chi connectivity index (χ1) is 11.9. The van der Waals surface area contributed by atoms with Crippen LogP contribution in [0.3, 0.4) is 0 Å². The molecule has 0 aromatic rings. The molecule has 0 radical (unpaired) electrons. The van der Waals surface area contributed by atoms with Crippen LogP contribution >= 0.6 is 0 Å². The largest absolute Gasteiger partial charge is 0.462 e. The maximum Gasteiger partial charge on any atom is 0.302 e. The van der Waals surface area contributed by atoms with Gasteiger partial charge in [-0.25, -0.2) is 0 Å². The van der Waals surface area contributed by atoms with Crippen molar-refractivity contribution in [3.8, 4) is 0 Å². The Morgan fingerprint density at radius 1 is 1.20 bits per heavy atom. The molecule has 0 bridgehead atoms. The summed E-state index contributed by atoms with van der Waals surface area (Å²) in [6.45, 7) is 6.42. The van der Waals surface area contributed by atoms with Crippen LogP contribution < -0.4 is 5.84 Å². The number of hydrogen-bond donors (Lipinski definition) is 1. The molecule has 0 amide bonds. The van der Waals surface area contributed by atoms with Crippen LogP contribution in [-0.4, -0.2) is 17.8 Å². The lowest BCUT2D eigenvalue weighted by Gasteiger charge is -2.57. The Morgan fingerprint density at radius 2 is 1.92 bits per heavy atom. The molecule has 0 saturated heterocycles. The lowest BCUT2D eigenvalue weighted by Crippen LogP contribution is -2.50. The van der Waals surface area contributed by atoms with Gasteiger partial charge in [-0.05, 0) is 68.1 Å². The van der Waals surface area contributed by atoms with E-state index in [1.54, 1.807) is 5.57 Å². The Balaban J connectivity index is 1.60. The van der Waals surface area contributed by atoms with E-state index in [2.05, 4.69) is 25.0 Å². The number of nitrogens with zero attached hydrogens (tertiary/aromatic N) is 1. The van der Waals surface area contributed by atoms with Gasteiger partial charge in [0, 0.05) is 24.5 Å². The first kappa shape index (κ1) is 17.1. The molecule has 2 N–H and O–H groups in total. The van der Waals surface area contributed by atoms with Gasteiger partial charge in [0.1, 0.15) is 6.10 Å². The second-order valence-electron chi connectivity index (χ2n) is 9.30. The van der Waals surface area contributed by atoms with E-state index >= 15 is 0 Å². The Kier molecular flexibility index (Phi) is 4.01. The van der Waals surface area contributed by atoms with Gasteiger partial charge in [-0.1, -0.05) is 25.5 Å². The molecule has 3 saturated carbocycles. The summed E-state index contributed by atoms with van der Waals surface area (Å²) in [4.78, 5) is 11.3. The predicted molar refractivity (Wildman–Crippen MR) is 98.9 cm³/mol. The Morgan fingerprint density at radius 3 is 2.64 bits per heavy atom. The maximum atomic E-state index is 11.3. The van der Waals surface area contributed by atoms with Crippen molar-refractivity contribution in [2.45, 2.75) is 78.2 Å². The van der Waals surface area contributed by atoms with Gasteiger partial charge in [0.2, 0.25) is 0 Å². The van der Waals surface area contributed by atoms with E-state index in [9.17, 15) is 4.79 Å². The van der Waals surface area contributed by atoms with Crippen molar-refractivity contribution in [1.29, 1.82) is 0 Å². The summed E-state index contributed by atoms with van der Waals surface area (Å²) in [6, 6.07) is 0. The highest BCUT2D eigenvalue weighted by atomic mass is 16.5. The molecular weight excluding hydrogens is 312 g/mol. The monoisotopic (exact) mass is 344 g/mol. The van der Waals surface area contributed by atoms with E-state index in [0.717, 1.165) is 43.4 Å². The van der Waals surface area contributed by atoms with Crippen LogP contribution in [0.4, 0.5) is 0 Å². The van der Waals surface area contributed by atoms with Gasteiger partial charge in [-0.3, -0.25) is 4.79 Å². The van der Waals surface area contributed by atoms with Crippen molar-refractivity contribution in [1.82, 2.24) is 0 Å². The van der Waals surface area contributed by atoms with Crippen LogP contribution in [-0.2, 0) is 9.53 Å². The number of allylic oxidation sites excluding steroid dienone is 1. The molecule has 25 heavy (non-hydrogen) atoms. The molecular formula is C21H32N2O2. The first-order valence-electron chi connectivity index (χ1n) is 10.0. The number of hydrazone groups is 1. The third-order valence-corrected chi connectivity index (χ3v) is 8.29. The highest BCUT2D eigenvalue weighted by Crippen LogP contribution is 2.64. The zero-order valence-corrected chi connectivity index (χ0v) is 15.9. The van der Waals surface area contributed by atoms with E-state index < -0.39 is 0 Å². The summed E-state index contributed by atoms with van der Waals surface area (Å²) in [5, 5.41) is 4.17. The first-order valence-corrected chi connectivity index (χ1v) is 10.0.